The van der Waals surface area contributed by atoms with Gasteiger partial charge in [-0.15, -0.1) is 0 Å². The number of rotatable bonds is 6. The first kappa shape index (κ1) is 14.8. The molecule has 2 atom stereocenters. The smallest absolute Gasteiger partial charge is 0.124 e. The number of hydrogen-bond donors (Lipinski definition) is 2. The fourth-order valence-corrected chi connectivity index (χ4v) is 2.24. The SMILES string of the molecule is CCC(C)CN(CC)C(C)c1c(O)cccc1O. The first-order valence-corrected chi connectivity index (χ1v) is 6.76. The van der Waals surface area contributed by atoms with Gasteiger partial charge in [-0.25, -0.2) is 0 Å². The lowest BCUT2D eigenvalue weighted by atomic mass is 10.0. The van der Waals surface area contributed by atoms with E-state index >= 15 is 0 Å². The van der Waals surface area contributed by atoms with Gasteiger partial charge in [0, 0.05) is 12.6 Å². The van der Waals surface area contributed by atoms with Gasteiger partial charge in [0.2, 0.25) is 0 Å². The molecule has 0 saturated carbocycles. The van der Waals surface area contributed by atoms with E-state index < -0.39 is 0 Å². The zero-order valence-electron chi connectivity index (χ0n) is 11.8. The minimum Gasteiger partial charge on any atom is -0.507 e. The Kier molecular flexibility index (Phi) is 5.48. The predicted molar refractivity (Wildman–Crippen MR) is 74.9 cm³/mol. The normalized spacial score (nSPS) is 14.7. The summed E-state index contributed by atoms with van der Waals surface area (Å²) < 4.78 is 0. The summed E-state index contributed by atoms with van der Waals surface area (Å²) in [4.78, 5) is 2.28. The summed E-state index contributed by atoms with van der Waals surface area (Å²) in [5, 5.41) is 19.8. The van der Waals surface area contributed by atoms with Crippen LogP contribution >= 0.6 is 0 Å². The van der Waals surface area contributed by atoms with Crippen molar-refractivity contribution in [1.82, 2.24) is 4.90 Å². The topological polar surface area (TPSA) is 43.7 Å². The lowest BCUT2D eigenvalue weighted by molar-refractivity contribution is 0.184. The van der Waals surface area contributed by atoms with Crippen LogP contribution in [-0.4, -0.2) is 28.2 Å². The summed E-state index contributed by atoms with van der Waals surface area (Å²) >= 11 is 0. The zero-order chi connectivity index (χ0) is 13.7. The molecule has 1 rings (SSSR count). The van der Waals surface area contributed by atoms with E-state index in [1.807, 2.05) is 6.92 Å². The zero-order valence-corrected chi connectivity index (χ0v) is 11.8. The van der Waals surface area contributed by atoms with Crippen LogP contribution in [0.25, 0.3) is 0 Å². The molecule has 0 heterocycles. The van der Waals surface area contributed by atoms with Crippen molar-refractivity contribution >= 4 is 0 Å². The minimum atomic E-state index is 0.0187. The van der Waals surface area contributed by atoms with Gasteiger partial charge in [-0.1, -0.05) is 33.3 Å². The third-order valence-corrected chi connectivity index (χ3v) is 3.67. The molecule has 1 aromatic carbocycles. The van der Waals surface area contributed by atoms with E-state index in [-0.39, 0.29) is 17.5 Å². The van der Waals surface area contributed by atoms with Crippen molar-refractivity contribution in [3.63, 3.8) is 0 Å². The molecule has 2 unspecified atom stereocenters. The molecule has 0 aromatic heterocycles. The van der Waals surface area contributed by atoms with Crippen molar-refractivity contribution in [3.05, 3.63) is 23.8 Å². The molecule has 2 N–H and O–H groups in total. The molecule has 3 heteroatoms. The average Bonchev–Trinajstić information content (AvgIpc) is 2.35. The maximum Gasteiger partial charge on any atom is 0.124 e. The monoisotopic (exact) mass is 251 g/mol. The maximum atomic E-state index is 9.91. The molecule has 0 aliphatic heterocycles. The highest BCUT2D eigenvalue weighted by molar-refractivity contribution is 5.44. The Morgan fingerprint density at radius 2 is 1.67 bits per heavy atom. The molecule has 0 spiro atoms. The third-order valence-electron chi connectivity index (χ3n) is 3.67. The molecule has 0 amide bonds. The highest BCUT2D eigenvalue weighted by Gasteiger charge is 2.21. The molecule has 1 aromatic rings. The van der Waals surface area contributed by atoms with Crippen molar-refractivity contribution in [2.45, 2.75) is 40.2 Å². The molecule has 102 valence electrons. The summed E-state index contributed by atoms with van der Waals surface area (Å²) in [5.74, 6) is 0.954. The van der Waals surface area contributed by atoms with Crippen LogP contribution in [0, 0.1) is 5.92 Å². The molecular weight excluding hydrogens is 226 g/mol. The van der Waals surface area contributed by atoms with Crippen molar-refractivity contribution in [3.8, 4) is 11.5 Å². The number of hydrogen-bond acceptors (Lipinski definition) is 3. The van der Waals surface area contributed by atoms with Crippen LogP contribution < -0.4 is 0 Å². The van der Waals surface area contributed by atoms with Gasteiger partial charge < -0.3 is 10.2 Å². The number of benzene rings is 1. The number of phenolic OH excluding ortho intramolecular Hbond substituents is 2. The minimum absolute atomic E-state index is 0.0187. The van der Waals surface area contributed by atoms with Crippen LogP contribution in [0.2, 0.25) is 0 Å². The van der Waals surface area contributed by atoms with E-state index in [9.17, 15) is 10.2 Å². The Hall–Kier alpha value is -1.22. The molecule has 0 radical (unpaired) electrons. The Balaban J connectivity index is 2.92. The molecule has 0 fully saturated rings. The first-order chi connectivity index (χ1) is 8.51. The first-order valence-electron chi connectivity index (χ1n) is 6.76. The largest absolute Gasteiger partial charge is 0.507 e. The van der Waals surface area contributed by atoms with E-state index in [0.717, 1.165) is 19.5 Å². The second-order valence-corrected chi connectivity index (χ2v) is 4.99. The number of nitrogens with zero attached hydrogens (tertiary/aromatic N) is 1. The molecule has 0 bridgehead atoms. The van der Waals surface area contributed by atoms with E-state index in [1.165, 1.54) is 0 Å². The molecule has 0 aliphatic rings. The van der Waals surface area contributed by atoms with Crippen LogP contribution in [0.5, 0.6) is 11.5 Å². The van der Waals surface area contributed by atoms with Crippen molar-refractivity contribution in [2.24, 2.45) is 5.92 Å². The number of phenols is 2. The van der Waals surface area contributed by atoms with Gasteiger partial charge in [0.05, 0.1) is 5.56 Å². The second kappa shape index (κ2) is 6.64. The summed E-state index contributed by atoms with van der Waals surface area (Å²) in [6.07, 6.45) is 1.13. The van der Waals surface area contributed by atoms with E-state index in [1.54, 1.807) is 18.2 Å². The highest BCUT2D eigenvalue weighted by atomic mass is 16.3. The van der Waals surface area contributed by atoms with E-state index in [0.29, 0.717) is 11.5 Å². The van der Waals surface area contributed by atoms with Crippen LogP contribution in [0.4, 0.5) is 0 Å². The standard InChI is InChI=1S/C15H25NO2/c1-5-11(3)10-16(6-2)12(4)15-13(17)8-7-9-14(15)18/h7-9,11-12,17-18H,5-6,10H2,1-4H3. The molecule has 0 saturated heterocycles. The fourth-order valence-electron chi connectivity index (χ4n) is 2.24. The average molecular weight is 251 g/mol. The lowest BCUT2D eigenvalue weighted by Crippen LogP contribution is -2.31. The van der Waals surface area contributed by atoms with Crippen LogP contribution in [0.15, 0.2) is 18.2 Å². The molecule has 0 aliphatic carbocycles. The van der Waals surface area contributed by atoms with E-state index in [4.69, 9.17) is 0 Å². The van der Waals surface area contributed by atoms with Gasteiger partial charge in [0.1, 0.15) is 11.5 Å². The molecular formula is C15H25NO2. The highest BCUT2D eigenvalue weighted by Crippen LogP contribution is 2.35. The molecule has 18 heavy (non-hydrogen) atoms. The lowest BCUT2D eigenvalue weighted by Gasteiger charge is -2.31. The predicted octanol–water partition coefficient (Wildman–Crippen LogP) is 3.53. The summed E-state index contributed by atoms with van der Waals surface area (Å²) in [7, 11) is 0. The van der Waals surface area contributed by atoms with Gasteiger partial charge in [-0.2, -0.15) is 0 Å². The van der Waals surface area contributed by atoms with Gasteiger partial charge in [-0.3, -0.25) is 4.90 Å². The Labute approximate surface area is 110 Å². The third kappa shape index (κ3) is 3.39. The van der Waals surface area contributed by atoms with Crippen LogP contribution in [0.1, 0.15) is 45.7 Å². The fraction of sp³-hybridized carbons (Fsp3) is 0.600. The number of aromatic hydroxyl groups is 2. The van der Waals surface area contributed by atoms with Crippen molar-refractivity contribution in [2.75, 3.05) is 13.1 Å². The van der Waals surface area contributed by atoms with Gasteiger partial charge >= 0.3 is 0 Å². The van der Waals surface area contributed by atoms with Crippen molar-refractivity contribution in [1.29, 1.82) is 0 Å². The van der Waals surface area contributed by atoms with Crippen LogP contribution in [0.3, 0.4) is 0 Å². The van der Waals surface area contributed by atoms with Gasteiger partial charge in [-0.05, 0) is 31.5 Å². The summed E-state index contributed by atoms with van der Waals surface area (Å²) in [6, 6.07) is 4.93. The Bertz CT molecular complexity index is 359. The van der Waals surface area contributed by atoms with Gasteiger partial charge in [0.15, 0.2) is 0 Å². The van der Waals surface area contributed by atoms with Crippen LogP contribution in [-0.2, 0) is 0 Å². The quantitative estimate of drug-likeness (QED) is 0.813. The Morgan fingerprint density at radius 3 is 2.11 bits per heavy atom. The summed E-state index contributed by atoms with van der Waals surface area (Å²) in [5.41, 5.74) is 0.627. The maximum absolute atomic E-state index is 9.91. The Morgan fingerprint density at radius 1 is 1.11 bits per heavy atom. The second-order valence-electron chi connectivity index (χ2n) is 4.99. The van der Waals surface area contributed by atoms with Crippen molar-refractivity contribution < 1.29 is 10.2 Å². The van der Waals surface area contributed by atoms with E-state index in [2.05, 4.69) is 25.7 Å². The summed E-state index contributed by atoms with van der Waals surface area (Å²) in [6.45, 7) is 10.4. The molecule has 3 nitrogen and oxygen atoms in total. The van der Waals surface area contributed by atoms with Gasteiger partial charge in [0.25, 0.3) is 0 Å².